The van der Waals surface area contributed by atoms with Crippen molar-refractivity contribution in [2.75, 3.05) is 37.9 Å². The molecule has 0 spiro atoms. The van der Waals surface area contributed by atoms with Gasteiger partial charge in [-0.2, -0.15) is 10.5 Å². The highest BCUT2D eigenvalue weighted by molar-refractivity contribution is 7.99. The predicted molar refractivity (Wildman–Crippen MR) is 128 cm³/mol. The number of anilines is 1. The lowest BCUT2D eigenvalue weighted by molar-refractivity contribution is -0.0196. The molecule has 162 valence electrons. The molecule has 1 atom stereocenters. The van der Waals surface area contributed by atoms with Crippen LogP contribution in [0.3, 0.4) is 0 Å². The van der Waals surface area contributed by atoms with E-state index >= 15 is 0 Å². The number of thioether (sulfide) groups is 1. The van der Waals surface area contributed by atoms with Crippen molar-refractivity contribution in [1.29, 1.82) is 10.5 Å². The molecule has 3 rings (SSSR count). The zero-order valence-corrected chi connectivity index (χ0v) is 19.2. The molecule has 3 heterocycles. The molecule has 0 saturated carbocycles. The molecule has 0 amide bonds. The van der Waals surface area contributed by atoms with Gasteiger partial charge in [-0.15, -0.1) is 11.8 Å². The number of nitrogens with one attached hydrogen (secondary N) is 1. The van der Waals surface area contributed by atoms with E-state index in [1.807, 2.05) is 0 Å². The Labute approximate surface area is 201 Å². The van der Waals surface area contributed by atoms with E-state index in [1.54, 1.807) is 26.1 Å². The molecule has 1 fully saturated rings. The number of aromatic nitrogens is 2. The molecule has 1 saturated heterocycles. The zero-order chi connectivity index (χ0) is 24.0. The summed E-state index contributed by atoms with van der Waals surface area (Å²) in [6, 6.07) is 7.73. The van der Waals surface area contributed by atoms with E-state index in [-0.39, 0.29) is 12.2 Å². The van der Waals surface area contributed by atoms with Crippen molar-refractivity contribution in [2.24, 2.45) is 5.92 Å². The van der Waals surface area contributed by atoms with Gasteiger partial charge in [-0.1, -0.05) is 0 Å². The first kappa shape index (κ1) is 25.0. The first-order valence-electron chi connectivity index (χ1n) is 10.2. The minimum absolute atomic E-state index is 0.145. The standard InChI is InChI=1S/C21H20B3N5O3S/c1-12(32-21(22,23)24)8-31-14-3-4-17(28-7-14)18-15(5-25)19(27-2)29-20(16(18)6-26)33-11-13-9-30-10-13/h3-4,7,12-13H,8-11H2,1-2H3,(H,27,29). The third-order valence-corrected chi connectivity index (χ3v) is 5.88. The van der Waals surface area contributed by atoms with Crippen LogP contribution in [0.5, 0.6) is 5.75 Å². The molecule has 8 nitrogen and oxygen atoms in total. The van der Waals surface area contributed by atoms with Crippen molar-refractivity contribution in [3.63, 3.8) is 0 Å². The fraction of sp³-hybridized carbons (Fsp3) is 0.429. The molecule has 0 aliphatic carbocycles. The second kappa shape index (κ2) is 11.0. The van der Waals surface area contributed by atoms with E-state index < -0.39 is 11.4 Å². The molecule has 0 aromatic carbocycles. The average molecular weight is 455 g/mol. The molecule has 2 aromatic heterocycles. The van der Waals surface area contributed by atoms with Gasteiger partial charge in [0.25, 0.3) is 0 Å². The van der Waals surface area contributed by atoms with Gasteiger partial charge in [0.05, 0.1) is 60.3 Å². The molecule has 33 heavy (non-hydrogen) atoms. The molecule has 2 aromatic rings. The summed E-state index contributed by atoms with van der Waals surface area (Å²) in [5.41, 5.74) is 1.44. The van der Waals surface area contributed by atoms with Crippen molar-refractivity contribution in [2.45, 2.75) is 23.4 Å². The molecule has 1 unspecified atom stereocenters. The van der Waals surface area contributed by atoms with Gasteiger partial charge in [0.1, 0.15) is 40.9 Å². The van der Waals surface area contributed by atoms with Gasteiger partial charge in [-0.25, -0.2) is 4.98 Å². The quantitative estimate of drug-likeness (QED) is 0.422. The highest BCUT2D eigenvalue weighted by Crippen LogP contribution is 2.37. The Bertz CT molecular complexity index is 1060. The maximum atomic E-state index is 9.92. The Hall–Kier alpha value is -2.66. The third kappa shape index (κ3) is 6.45. The molecule has 1 N–H and O–H groups in total. The summed E-state index contributed by atoms with van der Waals surface area (Å²) >= 11 is 1.47. The topological polar surface area (TPSA) is 113 Å². The highest BCUT2D eigenvalue weighted by Gasteiger charge is 2.25. The first-order valence-corrected chi connectivity index (χ1v) is 11.1. The maximum absolute atomic E-state index is 9.92. The Balaban J connectivity index is 1.87. The van der Waals surface area contributed by atoms with E-state index in [1.165, 1.54) is 18.0 Å². The molecule has 1 aliphatic heterocycles. The van der Waals surface area contributed by atoms with Crippen molar-refractivity contribution >= 4 is 41.1 Å². The summed E-state index contributed by atoms with van der Waals surface area (Å²) < 4.78 is 16.1. The van der Waals surface area contributed by atoms with E-state index in [9.17, 15) is 10.5 Å². The van der Waals surface area contributed by atoms with Crippen LogP contribution >= 0.6 is 11.8 Å². The molecular weight excluding hydrogens is 435 g/mol. The summed E-state index contributed by atoms with van der Waals surface area (Å²) in [5, 5.41) is 21.5. The summed E-state index contributed by atoms with van der Waals surface area (Å²) in [6.07, 6.45) is 1.04. The van der Waals surface area contributed by atoms with Crippen LogP contribution in [0.4, 0.5) is 5.82 Å². The largest absolute Gasteiger partial charge is 0.489 e. The number of rotatable bonds is 10. The Morgan fingerprint density at radius 2 is 2.00 bits per heavy atom. The number of nitrogens with zero attached hydrogens (tertiary/aromatic N) is 4. The first-order chi connectivity index (χ1) is 15.8. The average Bonchev–Trinajstić information content (AvgIpc) is 2.74. The predicted octanol–water partition coefficient (Wildman–Crippen LogP) is 1.57. The van der Waals surface area contributed by atoms with Crippen molar-refractivity contribution in [3.05, 3.63) is 29.5 Å². The third-order valence-electron chi connectivity index (χ3n) is 4.67. The number of nitriles is 2. The second-order valence-corrected chi connectivity index (χ2v) is 8.56. The Morgan fingerprint density at radius 3 is 2.52 bits per heavy atom. The van der Waals surface area contributed by atoms with Gasteiger partial charge in [-0.05, 0) is 24.4 Å². The van der Waals surface area contributed by atoms with Crippen molar-refractivity contribution in [3.8, 4) is 29.1 Å². The van der Waals surface area contributed by atoms with Crippen molar-refractivity contribution < 1.29 is 14.2 Å². The van der Waals surface area contributed by atoms with Crippen LogP contribution in [0.25, 0.3) is 11.3 Å². The minimum Gasteiger partial charge on any atom is -0.489 e. The second-order valence-electron chi connectivity index (χ2n) is 7.55. The summed E-state index contributed by atoms with van der Waals surface area (Å²) in [5.74, 6) is 2.04. The zero-order valence-electron chi connectivity index (χ0n) is 18.4. The van der Waals surface area contributed by atoms with E-state index in [2.05, 4.69) is 27.4 Å². The maximum Gasteiger partial charge on any atom is 0.145 e. The van der Waals surface area contributed by atoms with Crippen molar-refractivity contribution in [1.82, 2.24) is 9.97 Å². The number of ether oxygens (including phenoxy) is 3. The number of hydrogen-bond acceptors (Lipinski definition) is 9. The molecule has 0 bridgehead atoms. The SMILES string of the molecule is [B]C([B])([B])OC(C)COc1ccc(-c2c(C#N)c(NC)nc(SCC3COC3)c2C#N)nc1. The normalized spacial score (nSPS) is 14.5. The van der Waals surface area contributed by atoms with Gasteiger partial charge in [0, 0.05) is 24.3 Å². The molecule has 1 aliphatic rings. The van der Waals surface area contributed by atoms with Gasteiger partial charge in [0.2, 0.25) is 0 Å². The van der Waals surface area contributed by atoms with Crippen LogP contribution < -0.4 is 10.1 Å². The highest BCUT2D eigenvalue weighted by atomic mass is 32.2. The lowest BCUT2D eigenvalue weighted by Gasteiger charge is -2.26. The van der Waals surface area contributed by atoms with Crippen LogP contribution in [0.2, 0.25) is 0 Å². The minimum atomic E-state index is -1.75. The van der Waals surface area contributed by atoms with Gasteiger partial charge in [-0.3, -0.25) is 4.98 Å². The van der Waals surface area contributed by atoms with Crippen LogP contribution in [0.15, 0.2) is 23.4 Å². The van der Waals surface area contributed by atoms with E-state index in [0.717, 1.165) is 5.75 Å². The smallest absolute Gasteiger partial charge is 0.145 e. The molecular formula is C21H20B3N5O3S. The lowest BCUT2D eigenvalue weighted by Crippen LogP contribution is -2.39. The fourth-order valence-electron chi connectivity index (χ4n) is 3.10. The van der Waals surface area contributed by atoms with Crippen LogP contribution in [-0.2, 0) is 9.47 Å². The Morgan fingerprint density at radius 1 is 1.27 bits per heavy atom. The monoisotopic (exact) mass is 455 g/mol. The Kier molecular flexibility index (Phi) is 8.31. The van der Waals surface area contributed by atoms with Gasteiger partial charge in [0.15, 0.2) is 0 Å². The molecule has 6 radical (unpaired) electrons. The molecule has 12 heteroatoms. The number of hydrogen-bond donors (Lipinski definition) is 1. The summed E-state index contributed by atoms with van der Waals surface area (Å²) in [6.45, 7) is 3.26. The van der Waals surface area contributed by atoms with Gasteiger partial charge < -0.3 is 19.5 Å². The summed E-state index contributed by atoms with van der Waals surface area (Å²) in [4.78, 5) is 8.94. The van der Waals surface area contributed by atoms with Crippen LogP contribution in [-0.4, -0.2) is 77.5 Å². The summed E-state index contributed by atoms with van der Waals surface area (Å²) in [7, 11) is 18.0. The fourth-order valence-corrected chi connectivity index (χ4v) is 4.14. The van der Waals surface area contributed by atoms with Crippen LogP contribution in [0.1, 0.15) is 18.1 Å². The van der Waals surface area contributed by atoms with Gasteiger partial charge >= 0.3 is 0 Å². The van der Waals surface area contributed by atoms with E-state index in [0.29, 0.717) is 52.5 Å². The number of pyridine rings is 2. The van der Waals surface area contributed by atoms with E-state index in [4.69, 9.17) is 37.7 Å². The lowest BCUT2D eigenvalue weighted by atomic mass is 9.52. The van der Waals surface area contributed by atoms with Crippen LogP contribution in [0, 0.1) is 28.6 Å².